The molecule has 0 amide bonds. The standard InChI is InChI=1S/C23H27N3O3/c1-3-29-23(27)19-8-9-21-20(16-19)24-22(18-6-4-17(2)5-7-18)26(21)11-10-25-12-14-28-15-13-25/h4-9,16H,3,10-15H2,1-2H3. The number of fused-ring (bicyclic) bond motifs is 1. The van der Waals surface area contributed by atoms with Gasteiger partial charge in [-0.2, -0.15) is 0 Å². The summed E-state index contributed by atoms with van der Waals surface area (Å²) in [6, 6.07) is 14.0. The van der Waals surface area contributed by atoms with Gasteiger partial charge in [0.15, 0.2) is 0 Å². The van der Waals surface area contributed by atoms with Crippen LogP contribution in [0.3, 0.4) is 0 Å². The molecule has 0 N–H and O–H groups in total. The van der Waals surface area contributed by atoms with Gasteiger partial charge in [-0.15, -0.1) is 0 Å². The number of carbonyl (C=O) groups excluding carboxylic acids is 1. The number of aryl methyl sites for hydroxylation is 1. The van der Waals surface area contributed by atoms with Gasteiger partial charge < -0.3 is 14.0 Å². The van der Waals surface area contributed by atoms with E-state index in [9.17, 15) is 4.79 Å². The second-order valence-electron chi connectivity index (χ2n) is 7.33. The molecular formula is C23H27N3O3. The van der Waals surface area contributed by atoms with Gasteiger partial charge in [-0.3, -0.25) is 4.90 Å². The lowest BCUT2D eigenvalue weighted by Crippen LogP contribution is -2.38. The zero-order chi connectivity index (χ0) is 20.2. The molecule has 1 fully saturated rings. The maximum atomic E-state index is 12.1. The monoisotopic (exact) mass is 393 g/mol. The number of benzene rings is 2. The van der Waals surface area contributed by atoms with E-state index in [0.29, 0.717) is 12.2 Å². The Morgan fingerprint density at radius 2 is 1.86 bits per heavy atom. The van der Waals surface area contributed by atoms with E-state index in [1.807, 2.05) is 25.1 Å². The molecule has 6 heteroatoms. The SMILES string of the molecule is CCOC(=O)c1ccc2c(c1)nc(-c1ccc(C)cc1)n2CCN1CCOCC1. The Morgan fingerprint density at radius 3 is 2.59 bits per heavy atom. The Balaban J connectivity index is 1.71. The first-order valence-corrected chi connectivity index (χ1v) is 10.2. The van der Waals surface area contributed by atoms with Crippen LogP contribution in [0.15, 0.2) is 42.5 Å². The third-order valence-corrected chi connectivity index (χ3v) is 5.31. The number of rotatable bonds is 6. The second-order valence-corrected chi connectivity index (χ2v) is 7.33. The Kier molecular flexibility index (Phi) is 5.92. The van der Waals surface area contributed by atoms with Gasteiger partial charge in [-0.25, -0.2) is 9.78 Å². The van der Waals surface area contributed by atoms with Crippen LogP contribution < -0.4 is 0 Å². The number of aromatic nitrogens is 2. The van der Waals surface area contributed by atoms with Gasteiger partial charge in [0, 0.05) is 31.7 Å². The van der Waals surface area contributed by atoms with E-state index in [4.69, 9.17) is 14.5 Å². The van der Waals surface area contributed by atoms with Crippen molar-refractivity contribution in [2.75, 3.05) is 39.5 Å². The first-order valence-electron chi connectivity index (χ1n) is 10.2. The Morgan fingerprint density at radius 1 is 1.10 bits per heavy atom. The van der Waals surface area contributed by atoms with E-state index in [-0.39, 0.29) is 5.97 Å². The summed E-state index contributed by atoms with van der Waals surface area (Å²) >= 11 is 0. The molecule has 0 unspecified atom stereocenters. The van der Waals surface area contributed by atoms with Crippen molar-refractivity contribution in [1.82, 2.24) is 14.5 Å². The van der Waals surface area contributed by atoms with E-state index in [0.717, 1.165) is 61.8 Å². The van der Waals surface area contributed by atoms with Crippen LogP contribution in [-0.4, -0.2) is 59.9 Å². The van der Waals surface area contributed by atoms with Crippen LogP contribution >= 0.6 is 0 Å². The van der Waals surface area contributed by atoms with Crippen LogP contribution in [0.5, 0.6) is 0 Å². The molecule has 0 bridgehead atoms. The van der Waals surface area contributed by atoms with Gasteiger partial charge in [-0.05, 0) is 32.0 Å². The van der Waals surface area contributed by atoms with Crippen molar-refractivity contribution in [2.24, 2.45) is 0 Å². The van der Waals surface area contributed by atoms with Crippen molar-refractivity contribution in [3.63, 3.8) is 0 Å². The fourth-order valence-electron chi connectivity index (χ4n) is 3.69. The minimum absolute atomic E-state index is 0.311. The minimum Gasteiger partial charge on any atom is -0.462 e. The summed E-state index contributed by atoms with van der Waals surface area (Å²) in [7, 11) is 0. The average Bonchev–Trinajstić information content (AvgIpc) is 3.11. The summed E-state index contributed by atoms with van der Waals surface area (Å²) in [4.78, 5) is 19.5. The molecule has 1 aliphatic rings. The summed E-state index contributed by atoms with van der Waals surface area (Å²) < 4.78 is 12.9. The fraction of sp³-hybridized carbons (Fsp3) is 0.391. The third-order valence-electron chi connectivity index (χ3n) is 5.31. The molecule has 6 nitrogen and oxygen atoms in total. The summed E-state index contributed by atoms with van der Waals surface area (Å²) in [5, 5.41) is 0. The predicted octanol–water partition coefficient (Wildman–Crippen LogP) is 3.52. The lowest BCUT2D eigenvalue weighted by molar-refractivity contribution is 0.0366. The molecule has 1 aliphatic heterocycles. The van der Waals surface area contributed by atoms with Crippen LogP contribution in [0.25, 0.3) is 22.4 Å². The lowest BCUT2D eigenvalue weighted by Gasteiger charge is -2.27. The van der Waals surface area contributed by atoms with Crippen LogP contribution in [0, 0.1) is 6.92 Å². The fourth-order valence-corrected chi connectivity index (χ4v) is 3.69. The van der Waals surface area contributed by atoms with E-state index >= 15 is 0 Å². The van der Waals surface area contributed by atoms with Crippen molar-refractivity contribution >= 4 is 17.0 Å². The first-order chi connectivity index (χ1) is 14.2. The smallest absolute Gasteiger partial charge is 0.338 e. The maximum Gasteiger partial charge on any atom is 0.338 e. The zero-order valence-electron chi connectivity index (χ0n) is 17.1. The highest BCUT2D eigenvalue weighted by Crippen LogP contribution is 2.26. The van der Waals surface area contributed by atoms with E-state index in [1.165, 1.54) is 5.56 Å². The van der Waals surface area contributed by atoms with E-state index < -0.39 is 0 Å². The number of nitrogens with zero attached hydrogens (tertiary/aromatic N) is 3. The number of esters is 1. The lowest BCUT2D eigenvalue weighted by atomic mass is 10.1. The molecule has 0 atom stereocenters. The van der Waals surface area contributed by atoms with Crippen LogP contribution in [-0.2, 0) is 16.0 Å². The summed E-state index contributed by atoms with van der Waals surface area (Å²) in [5.74, 6) is 0.614. The normalized spacial score (nSPS) is 15.0. The van der Waals surface area contributed by atoms with Crippen molar-refractivity contribution in [2.45, 2.75) is 20.4 Å². The highest BCUT2D eigenvalue weighted by atomic mass is 16.5. The predicted molar refractivity (Wildman–Crippen MR) is 113 cm³/mol. The van der Waals surface area contributed by atoms with E-state index in [1.54, 1.807) is 0 Å². The number of hydrogen-bond donors (Lipinski definition) is 0. The minimum atomic E-state index is -0.311. The molecule has 0 spiro atoms. The molecular weight excluding hydrogens is 366 g/mol. The molecule has 4 rings (SSSR count). The molecule has 3 aromatic rings. The van der Waals surface area contributed by atoms with Crippen LogP contribution in [0.2, 0.25) is 0 Å². The van der Waals surface area contributed by atoms with Crippen LogP contribution in [0.1, 0.15) is 22.8 Å². The van der Waals surface area contributed by atoms with E-state index in [2.05, 4.69) is 40.7 Å². The molecule has 0 radical (unpaired) electrons. The largest absolute Gasteiger partial charge is 0.462 e. The highest BCUT2D eigenvalue weighted by Gasteiger charge is 2.17. The molecule has 0 aliphatic carbocycles. The summed E-state index contributed by atoms with van der Waals surface area (Å²) in [6.45, 7) is 9.52. The molecule has 2 aromatic carbocycles. The second kappa shape index (κ2) is 8.76. The quantitative estimate of drug-likeness (QED) is 0.600. The van der Waals surface area contributed by atoms with Crippen molar-refractivity contribution < 1.29 is 14.3 Å². The molecule has 1 saturated heterocycles. The number of hydrogen-bond acceptors (Lipinski definition) is 5. The number of morpholine rings is 1. The Labute approximate surface area is 171 Å². The summed E-state index contributed by atoms with van der Waals surface area (Å²) in [5.41, 5.74) is 4.67. The zero-order valence-corrected chi connectivity index (χ0v) is 17.1. The molecule has 1 aromatic heterocycles. The van der Waals surface area contributed by atoms with Gasteiger partial charge in [0.25, 0.3) is 0 Å². The van der Waals surface area contributed by atoms with Crippen LogP contribution in [0.4, 0.5) is 0 Å². The van der Waals surface area contributed by atoms with Gasteiger partial charge in [0.05, 0.1) is 36.4 Å². The first kappa shape index (κ1) is 19.6. The number of ether oxygens (including phenoxy) is 2. The van der Waals surface area contributed by atoms with Crippen molar-refractivity contribution in [1.29, 1.82) is 0 Å². The molecule has 0 saturated carbocycles. The Bertz CT molecular complexity index is 989. The van der Waals surface area contributed by atoms with Crippen molar-refractivity contribution in [3.8, 4) is 11.4 Å². The van der Waals surface area contributed by atoms with Gasteiger partial charge >= 0.3 is 5.97 Å². The average molecular weight is 393 g/mol. The highest BCUT2D eigenvalue weighted by molar-refractivity contribution is 5.94. The van der Waals surface area contributed by atoms with Gasteiger partial charge in [0.2, 0.25) is 0 Å². The number of carbonyl (C=O) groups is 1. The molecule has 29 heavy (non-hydrogen) atoms. The Hall–Kier alpha value is -2.70. The third kappa shape index (κ3) is 4.33. The van der Waals surface area contributed by atoms with Gasteiger partial charge in [0.1, 0.15) is 5.82 Å². The summed E-state index contributed by atoms with van der Waals surface area (Å²) in [6.07, 6.45) is 0. The molecule has 2 heterocycles. The van der Waals surface area contributed by atoms with Gasteiger partial charge in [-0.1, -0.05) is 29.8 Å². The number of imidazole rings is 1. The van der Waals surface area contributed by atoms with Crippen molar-refractivity contribution in [3.05, 3.63) is 53.6 Å². The molecule has 152 valence electrons. The maximum absolute atomic E-state index is 12.1. The topological polar surface area (TPSA) is 56.6 Å².